The quantitative estimate of drug-likeness (QED) is 0.456. The van der Waals surface area contributed by atoms with Crippen LogP contribution in [-0.4, -0.2) is 38.8 Å². The number of thioether (sulfide) groups is 1. The number of rotatable bonds is 5. The lowest BCUT2D eigenvalue weighted by molar-refractivity contribution is -0.143. The van der Waals surface area contributed by atoms with Crippen LogP contribution >= 0.6 is 24.0 Å². The third-order valence-electron chi connectivity index (χ3n) is 3.90. The molecule has 1 aromatic carbocycles. The fourth-order valence-corrected chi connectivity index (χ4v) is 4.16. The van der Waals surface area contributed by atoms with Crippen LogP contribution < -0.4 is 0 Å². The van der Waals surface area contributed by atoms with Crippen LogP contribution in [0.5, 0.6) is 0 Å². The first-order valence-corrected chi connectivity index (χ1v) is 9.26. The SMILES string of the molecule is CCOC(=O)Cn1cc(/C=C2\SC(=S)N(CC)C2=O)c2ccccc21. The summed E-state index contributed by atoms with van der Waals surface area (Å²) < 4.78 is 7.46. The van der Waals surface area contributed by atoms with Gasteiger partial charge in [-0.05, 0) is 26.0 Å². The Morgan fingerprint density at radius 3 is 2.76 bits per heavy atom. The van der Waals surface area contributed by atoms with E-state index < -0.39 is 0 Å². The molecule has 0 saturated carbocycles. The Bertz CT molecular complexity index is 886. The maximum atomic E-state index is 12.4. The second kappa shape index (κ2) is 7.41. The molecule has 0 atom stereocenters. The number of amides is 1. The van der Waals surface area contributed by atoms with Gasteiger partial charge in [0.25, 0.3) is 5.91 Å². The fraction of sp³-hybridized carbons (Fsp3) is 0.278. The third kappa shape index (κ3) is 3.48. The van der Waals surface area contributed by atoms with Crippen molar-refractivity contribution in [3.8, 4) is 0 Å². The summed E-state index contributed by atoms with van der Waals surface area (Å²) in [6.45, 7) is 4.74. The number of benzene rings is 1. The molecule has 0 bridgehead atoms. The summed E-state index contributed by atoms with van der Waals surface area (Å²) in [6, 6.07) is 7.78. The van der Waals surface area contributed by atoms with Gasteiger partial charge in [0.05, 0.1) is 11.5 Å². The number of carbonyl (C=O) groups excluding carboxylic acids is 2. The molecule has 25 heavy (non-hydrogen) atoms. The maximum absolute atomic E-state index is 12.4. The zero-order valence-corrected chi connectivity index (χ0v) is 15.7. The number of thiocarbonyl (C=S) groups is 1. The zero-order valence-electron chi connectivity index (χ0n) is 14.0. The Morgan fingerprint density at radius 1 is 1.32 bits per heavy atom. The van der Waals surface area contributed by atoms with Crippen LogP contribution in [-0.2, 0) is 20.9 Å². The van der Waals surface area contributed by atoms with E-state index in [2.05, 4.69) is 0 Å². The Hall–Kier alpha value is -2.12. The summed E-state index contributed by atoms with van der Waals surface area (Å²) >= 11 is 6.57. The highest BCUT2D eigenvalue weighted by Crippen LogP contribution is 2.34. The van der Waals surface area contributed by atoms with Gasteiger partial charge in [-0.15, -0.1) is 0 Å². The molecule has 2 aromatic rings. The Kier molecular flexibility index (Phi) is 5.24. The molecule has 2 heterocycles. The monoisotopic (exact) mass is 374 g/mol. The van der Waals surface area contributed by atoms with Crippen molar-refractivity contribution in [3.63, 3.8) is 0 Å². The summed E-state index contributed by atoms with van der Waals surface area (Å²) in [6.07, 6.45) is 3.72. The second-order valence-electron chi connectivity index (χ2n) is 5.46. The van der Waals surface area contributed by atoms with Crippen molar-refractivity contribution in [2.45, 2.75) is 20.4 Å². The molecule has 1 aromatic heterocycles. The predicted octanol–water partition coefficient (Wildman–Crippen LogP) is 3.43. The summed E-state index contributed by atoms with van der Waals surface area (Å²) in [4.78, 5) is 26.5. The number of hydrogen-bond donors (Lipinski definition) is 0. The third-order valence-corrected chi connectivity index (χ3v) is 5.28. The number of esters is 1. The molecular formula is C18H18N2O3S2. The predicted molar refractivity (Wildman–Crippen MR) is 104 cm³/mol. The summed E-state index contributed by atoms with van der Waals surface area (Å²) in [5.74, 6) is -0.355. The lowest BCUT2D eigenvalue weighted by Gasteiger charge is -2.09. The van der Waals surface area contributed by atoms with Crippen molar-refractivity contribution in [3.05, 3.63) is 40.9 Å². The van der Waals surface area contributed by atoms with Gasteiger partial charge in [0.2, 0.25) is 0 Å². The van der Waals surface area contributed by atoms with Crippen molar-refractivity contribution in [1.29, 1.82) is 0 Å². The van der Waals surface area contributed by atoms with E-state index in [1.54, 1.807) is 11.8 Å². The highest BCUT2D eigenvalue weighted by Gasteiger charge is 2.30. The van der Waals surface area contributed by atoms with Crippen LogP contribution in [0, 0.1) is 0 Å². The number of ether oxygens (including phenoxy) is 1. The van der Waals surface area contributed by atoms with Crippen molar-refractivity contribution in [1.82, 2.24) is 9.47 Å². The first-order valence-electron chi connectivity index (χ1n) is 8.04. The van der Waals surface area contributed by atoms with Gasteiger partial charge in [-0.1, -0.05) is 42.2 Å². The number of hydrogen-bond acceptors (Lipinski definition) is 5. The van der Waals surface area contributed by atoms with E-state index in [0.29, 0.717) is 22.4 Å². The molecule has 7 heteroatoms. The van der Waals surface area contributed by atoms with Gasteiger partial charge in [0, 0.05) is 29.2 Å². The minimum absolute atomic E-state index is 0.0697. The lowest BCUT2D eigenvalue weighted by Crippen LogP contribution is -2.27. The number of aromatic nitrogens is 1. The van der Waals surface area contributed by atoms with E-state index in [9.17, 15) is 9.59 Å². The van der Waals surface area contributed by atoms with E-state index in [1.165, 1.54) is 11.8 Å². The summed E-state index contributed by atoms with van der Waals surface area (Å²) in [7, 11) is 0. The highest BCUT2D eigenvalue weighted by molar-refractivity contribution is 8.26. The Balaban J connectivity index is 2.00. The number of fused-ring (bicyclic) bond motifs is 1. The van der Waals surface area contributed by atoms with Crippen LogP contribution in [0.1, 0.15) is 19.4 Å². The molecule has 0 unspecified atom stereocenters. The van der Waals surface area contributed by atoms with Gasteiger partial charge in [-0.25, -0.2) is 0 Å². The molecule has 0 radical (unpaired) electrons. The molecule has 1 amide bonds. The Labute approximate surface area is 155 Å². The maximum Gasteiger partial charge on any atom is 0.325 e. The first kappa shape index (κ1) is 17.7. The van der Waals surface area contributed by atoms with Gasteiger partial charge in [-0.3, -0.25) is 14.5 Å². The average molecular weight is 374 g/mol. The van der Waals surface area contributed by atoms with Crippen LogP contribution in [0.2, 0.25) is 0 Å². The first-order chi connectivity index (χ1) is 12.0. The van der Waals surface area contributed by atoms with Crippen molar-refractivity contribution in [2.75, 3.05) is 13.2 Å². The summed E-state index contributed by atoms with van der Waals surface area (Å²) in [5, 5.41) is 0.980. The lowest BCUT2D eigenvalue weighted by atomic mass is 10.1. The topological polar surface area (TPSA) is 51.5 Å². The number of nitrogens with zero attached hydrogens (tertiary/aromatic N) is 2. The summed E-state index contributed by atoms with van der Waals surface area (Å²) in [5.41, 5.74) is 1.81. The van der Waals surface area contributed by atoms with Gasteiger partial charge in [-0.2, -0.15) is 0 Å². The van der Waals surface area contributed by atoms with E-state index in [0.717, 1.165) is 16.5 Å². The highest BCUT2D eigenvalue weighted by atomic mass is 32.2. The molecular weight excluding hydrogens is 356 g/mol. The van der Waals surface area contributed by atoms with Gasteiger partial charge in [0.1, 0.15) is 10.9 Å². The van der Waals surface area contributed by atoms with E-state index >= 15 is 0 Å². The molecule has 1 saturated heterocycles. The molecule has 130 valence electrons. The number of para-hydroxylation sites is 1. The van der Waals surface area contributed by atoms with Crippen molar-refractivity contribution < 1.29 is 14.3 Å². The number of carbonyl (C=O) groups is 2. The van der Waals surface area contributed by atoms with E-state index in [1.807, 2.05) is 48.0 Å². The smallest absolute Gasteiger partial charge is 0.325 e. The Morgan fingerprint density at radius 2 is 2.08 bits per heavy atom. The van der Waals surface area contributed by atoms with E-state index in [4.69, 9.17) is 17.0 Å². The van der Waals surface area contributed by atoms with Gasteiger partial charge < -0.3 is 9.30 Å². The molecule has 5 nitrogen and oxygen atoms in total. The minimum Gasteiger partial charge on any atom is -0.465 e. The van der Waals surface area contributed by atoms with Crippen LogP contribution in [0.4, 0.5) is 0 Å². The second-order valence-corrected chi connectivity index (χ2v) is 7.14. The number of likely N-dealkylation sites (N-methyl/N-ethyl adjacent to an activating group) is 1. The van der Waals surface area contributed by atoms with Gasteiger partial charge >= 0.3 is 5.97 Å². The van der Waals surface area contributed by atoms with Crippen LogP contribution in [0.3, 0.4) is 0 Å². The van der Waals surface area contributed by atoms with Crippen LogP contribution in [0.25, 0.3) is 17.0 Å². The average Bonchev–Trinajstić information content (AvgIpc) is 3.06. The molecule has 1 aliphatic rings. The zero-order chi connectivity index (χ0) is 18.0. The molecule has 0 N–H and O–H groups in total. The minimum atomic E-state index is -0.285. The van der Waals surface area contributed by atoms with E-state index in [-0.39, 0.29) is 18.4 Å². The van der Waals surface area contributed by atoms with Crippen LogP contribution in [0.15, 0.2) is 35.4 Å². The van der Waals surface area contributed by atoms with Gasteiger partial charge in [0.15, 0.2) is 0 Å². The standard InChI is InChI=1S/C18H18N2O3S2/c1-3-20-17(22)15(25-18(20)24)9-12-10-19(11-16(21)23-4-2)14-8-6-5-7-13(12)14/h5-10H,3-4,11H2,1-2H3/b15-9-. The largest absolute Gasteiger partial charge is 0.465 e. The fourth-order valence-electron chi connectivity index (χ4n) is 2.78. The molecule has 0 aliphatic carbocycles. The van der Waals surface area contributed by atoms with Crippen molar-refractivity contribution in [2.24, 2.45) is 0 Å². The molecule has 0 spiro atoms. The van der Waals surface area contributed by atoms with Crippen molar-refractivity contribution >= 4 is 57.2 Å². The molecule has 1 fully saturated rings. The molecule has 3 rings (SSSR count). The normalized spacial score (nSPS) is 16.2. The molecule has 1 aliphatic heterocycles.